The summed E-state index contributed by atoms with van der Waals surface area (Å²) in [6.07, 6.45) is 2.55. The summed E-state index contributed by atoms with van der Waals surface area (Å²) in [5, 5.41) is 0. The van der Waals surface area contributed by atoms with Crippen LogP contribution in [0, 0.1) is 6.92 Å². The van der Waals surface area contributed by atoms with E-state index in [1.165, 1.54) is 42.6 Å². The standard InChI is InChI=1S/C21H28N2/c1-18-8-6-7-11-20(18)17-23-14-12-21(13-15-23)22(2)16-19-9-4-3-5-10-19/h3-11,21H,12-17H2,1-2H3. The van der Waals surface area contributed by atoms with Gasteiger partial charge in [-0.3, -0.25) is 9.80 Å². The Kier molecular flexibility index (Phi) is 5.47. The predicted molar refractivity (Wildman–Crippen MR) is 97.4 cm³/mol. The molecular formula is C21H28N2. The topological polar surface area (TPSA) is 6.48 Å². The molecule has 0 amide bonds. The van der Waals surface area contributed by atoms with Crippen LogP contribution in [0.5, 0.6) is 0 Å². The van der Waals surface area contributed by atoms with Crippen LogP contribution in [0.15, 0.2) is 54.6 Å². The molecule has 23 heavy (non-hydrogen) atoms. The van der Waals surface area contributed by atoms with E-state index in [1.807, 2.05) is 0 Å². The van der Waals surface area contributed by atoms with Gasteiger partial charge in [0.05, 0.1) is 0 Å². The van der Waals surface area contributed by atoms with E-state index in [0.717, 1.165) is 13.1 Å². The zero-order valence-electron chi connectivity index (χ0n) is 14.4. The van der Waals surface area contributed by atoms with E-state index in [0.29, 0.717) is 6.04 Å². The van der Waals surface area contributed by atoms with Crippen LogP contribution in [0.3, 0.4) is 0 Å². The third-order valence-corrected chi connectivity index (χ3v) is 5.11. The van der Waals surface area contributed by atoms with Gasteiger partial charge in [-0.15, -0.1) is 0 Å². The van der Waals surface area contributed by atoms with Crippen LogP contribution in [0.1, 0.15) is 29.5 Å². The first-order valence-electron chi connectivity index (χ1n) is 8.73. The summed E-state index contributed by atoms with van der Waals surface area (Å²) in [5.74, 6) is 0. The van der Waals surface area contributed by atoms with Gasteiger partial charge in [-0.1, -0.05) is 54.6 Å². The first-order chi connectivity index (χ1) is 11.2. The number of piperidine rings is 1. The zero-order valence-corrected chi connectivity index (χ0v) is 14.4. The highest BCUT2D eigenvalue weighted by molar-refractivity contribution is 5.25. The number of hydrogen-bond acceptors (Lipinski definition) is 2. The number of rotatable bonds is 5. The number of hydrogen-bond donors (Lipinski definition) is 0. The summed E-state index contributed by atoms with van der Waals surface area (Å²) in [7, 11) is 2.27. The molecule has 122 valence electrons. The Bertz CT molecular complexity index is 600. The van der Waals surface area contributed by atoms with Crippen LogP contribution in [-0.4, -0.2) is 36.0 Å². The molecule has 2 aromatic rings. The molecule has 1 saturated heterocycles. The zero-order chi connectivity index (χ0) is 16.1. The van der Waals surface area contributed by atoms with E-state index >= 15 is 0 Å². The van der Waals surface area contributed by atoms with Gasteiger partial charge in [0, 0.05) is 19.1 Å². The van der Waals surface area contributed by atoms with Crippen molar-refractivity contribution in [2.75, 3.05) is 20.1 Å². The minimum absolute atomic E-state index is 0.711. The van der Waals surface area contributed by atoms with Gasteiger partial charge in [-0.05, 0) is 56.6 Å². The highest BCUT2D eigenvalue weighted by atomic mass is 15.2. The summed E-state index contributed by atoms with van der Waals surface area (Å²) >= 11 is 0. The van der Waals surface area contributed by atoms with E-state index in [4.69, 9.17) is 0 Å². The molecule has 1 aliphatic heterocycles. The van der Waals surface area contributed by atoms with Gasteiger partial charge in [0.1, 0.15) is 0 Å². The summed E-state index contributed by atoms with van der Waals surface area (Å²) < 4.78 is 0. The molecule has 1 heterocycles. The quantitative estimate of drug-likeness (QED) is 0.821. The minimum atomic E-state index is 0.711. The van der Waals surface area contributed by atoms with Gasteiger partial charge in [-0.2, -0.15) is 0 Å². The fraction of sp³-hybridized carbons (Fsp3) is 0.429. The molecule has 1 fully saturated rings. The van der Waals surface area contributed by atoms with Crippen molar-refractivity contribution in [1.29, 1.82) is 0 Å². The lowest BCUT2D eigenvalue weighted by molar-refractivity contribution is 0.119. The van der Waals surface area contributed by atoms with E-state index < -0.39 is 0 Å². The first kappa shape index (κ1) is 16.2. The SMILES string of the molecule is Cc1ccccc1CN1CCC(N(C)Cc2ccccc2)CC1. The fourth-order valence-corrected chi connectivity index (χ4v) is 3.55. The van der Waals surface area contributed by atoms with E-state index in [1.54, 1.807) is 0 Å². The van der Waals surface area contributed by atoms with Crippen LogP contribution in [0.2, 0.25) is 0 Å². The summed E-state index contributed by atoms with van der Waals surface area (Å²) in [4.78, 5) is 5.13. The second-order valence-corrected chi connectivity index (χ2v) is 6.83. The second kappa shape index (κ2) is 7.76. The monoisotopic (exact) mass is 308 g/mol. The van der Waals surface area contributed by atoms with Gasteiger partial charge in [0.2, 0.25) is 0 Å². The molecule has 1 aliphatic rings. The van der Waals surface area contributed by atoms with Crippen molar-refractivity contribution in [3.05, 3.63) is 71.3 Å². The van der Waals surface area contributed by atoms with Crippen molar-refractivity contribution in [1.82, 2.24) is 9.80 Å². The van der Waals surface area contributed by atoms with Crippen molar-refractivity contribution in [2.24, 2.45) is 0 Å². The van der Waals surface area contributed by atoms with Crippen molar-refractivity contribution < 1.29 is 0 Å². The van der Waals surface area contributed by atoms with Gasteiger partial charge >= 0.3 is 0 Å². The Balaban J connectivity index is 1.49. The Morgan fingerprint density at radius 2 is 1.61 bits per heavy atom. The van der Waals surface area contributed by atoms with E-state index in [2.05, 4.69) is 78.4 Å². The number of benzene rings is 2. The van der Waals surface area contributed by atoms with Crippen molar-refractivity contribution >= 4 is 0 Å². The Morgan fingerprint density at radius 3 is 2.30 bits per heavy atom. The Hall–Kier alpha value is -1.64. The van der Waals surface area contributed by atoms with Crippen LogP contribution in [0.25, 0.3) is 0 Å². The lowest BCUT2D eigenvalue weighted by Crippen LogP contribution is -2.42. The molecular weight excluding hydrogens is 280 g/mol. The molecule has 0 spiro atoms. The molecule has 0 saturated carbocycles. The third-order valence-electron chi connectivity index (χ3n) is 5.11. The smallest absolute Gasteiger partial charge is 0.0236 e. The molecule has 2 aromatic carbocycles. The molecule has 0 aromatic heterocycles. The molecule has 0 atom stereocenters. The summed E-state index contributed by atoms with van der Waals surface area (Å²) in [6, 6.07) is 20.3. The maximum absolute atomic E-state index is 2.61. The first-order valence-corrected chi connectivity index (χ1v) is 8.73. The second-order valence-electron chi connectivity index (χ2n) is 6.83. The van der Waals surface area contributed by atoms with Crippen LogP contribution < -0.4 is 0 Å². The Morgan fingerprint density at radius 1 is 0.957 bits per heavy atom. The van der Waals surface area contributed by atoms with Gasteiger partial charge in [0.25, 0.3) is 0 Å². The maximum Gasteiger partial charge on any atom is 0.0236 e. The lowest BCUT2D eigenvalue weighted by atomic mass is 10.0. The highest BCUT2D eigenvalue weighted by Gasteiger charge is 2.22. The number of likely N-dealkylation sites (tertiary alicyclic amines) is 1. The molecule has 3 rings (SSSR count). The third kappa shape index (κ3) is 4.43. The molecule has 0 N–H and O–H groups in total. The molecule has 2 heteroatoms. The average molecular weight is 308 g/mol. The normalized spacial score (nSPS) is 16.8. The van der Waals surface area contributed by atoms with Crippen LogP contribution in [-0.2, 0) is 13.1 Å². The number of aryl methyl sites for hydroxylation is 1. The van der Waals surface area contributed by atoms with E-state index in [-0.39, 0.29) is 0 Å². The predicted octanol–water partition coefficient (Wildman–Crippen LogP) is 4.09. The number of nitrogens with zero attached hydrogens (tertiary/aromatic N) is 2. The maximum atomic E-state index is 2.61. The summed E-state index contributed by atoms with van der Waals surface area (Å²) in [6.45, 7) is 6.79. The van der Waals surface area contributed by atoms with Gasteiger partial charge in [-0.25, -0.2) is 0 Å². The van der Waals surface area contributed by atoms with E-state index in [9.17, 15) is 0 Å². The average Bonchev–Trinajstić information content (AvgIpc) is 2.58. The van der Waals surface area contributed by atoms with Gasteiger partial charge in [0.15, 0.2) is 0 Å². The molecule has 0 radical (unpaired) electrons. The minimum Gasteiger partial charge on any atom is -0.299 e. The molecule has 0 aliphatic carbocycles. The molecule has 0 bridgehead atoms. The van der Waals surface area contributed by atoms with Crippen molar-refractivity contribution in [3.63, 3.8) is 0 Å². The lowest BCUT2D eigenvalue weighted by Gasteiger charge is -2.37. The molecule has 2 nitrogen and oxygen atoms in total. The summed E-state index contributed by atoms with van der Waals surface area (Å²) in [5.41, 5.74) is 4.30. The van der Waals surface area contributed by atoms with Crippen molar-refractivity contribution in [2.45, 2.75) is 38.9 Å². The largest absolute Gasteiger partial charge is 0.299 e. The molecule has 0 unspecified atom stereocenters. The fourth-order valence-electron chi connectivity index (χ4n) is 3.55. The van der Waals surface area contributed by atoms with Crippen molar-refractivity contribution in [3.8, 4) is 0 Å². The highest BCUT2D eigenvalue weighted by Crippen LogP contribution is 2.20. The Labute approximate surface area is 140 Å². The van der Waals surface area contributed by atoms with Gasteiger partial charge < -0.3 is 0 Å². The van der Waals surface area contributed by atoms with Crippen LogP contribution >= 0.6 is 0 Å². The van der Waals surface area contributed by atoms with Crippen LogP contribution in [0.4, 0.5) is 0 Å².